The van der Waals surface area contributed by atoms with Crippen LogP contribution < -0.4 is 5.32 Å². The third-order valence-electron chi connectivity index (χ3n) is 4.17. The van der Waals surface area contributed by atoms with Crippen molar-refractivity contribution in [1.82, 2.24) is 10.2 Å². The topological polar surface area (TPSA) is 78.9 Å². The van der Waals surface area contributed by atoms with Crippen LogP contribution in [-0.2, 0) is 16.1 Å². The van der Waals surface area contributed by atoms with Crippen LogP contribution in [0.2, 0.25) is 0 Å². The molecule has 2 N–H and O–H groups in total. The molecule has 6 nitrogen and oxygen atoms in total. The Morgan fingerprint density at radius 1 is 1.38 bits per heavy atom. The maximum absolute atomic E-state index is 12.1. The average molecular weight is 334 g/mol. The molecule has 0 aliphatic carbocycles. The monoisotopic (exact) mass is 334 g/mol. The molecule has 1 saturated heterocycles. The highest BCUT2D eigenvalue weighted by molar-refractivity contribution is 5.76. The van der Waals surface area contributed by atoms with Gasteiger partial charge < -0.3 is 20.1 Å². The number of rotatable bonds is 7. The lowest BCUT2D eigenvalue weighted by Crippen LogP contribution is -2.48. The van der Waals surface area contributed by atoms with Crippen LogP contribution in [0.15, 0.2) is 30.3 Å². The number of ether oxygens (including phenoxy) is 1. The number of hydrogen-bond acceptors (Lipinski definition) is 3. The van der Waals surface area contributed by atoms with Crippen molar-refractivity contribution in [2.75, 3.05) is 26.2 Å². The number of nitrogens with one attached hydrogen (secondary N) is 1. The molecule has 2 amide bonds. The zero-order valence-corrected chi connectivity index (χ0v) is 14.1. The molecule has 0 radical (unpaired) electrons. The van der Waals surface area contributed by atoms with Gasteiger partial charge in [0, 0.05) is 19.6 Å². The Kier molecular flexibility index (Phi) is 7.06. The highest BCUT2D eigenvalue weighted by Crippen LogP contribution is 2.16. The minimum atomic E-state index is -0.824. The number of hydrogen-bond donors (Lipinski definition) is 2. The van der Waals surface area contributed by atoms with Gasteiger partial charge >= 0.3 is 12.0 Å². The van der Waals surface area contributed by atoms with Gasteiger partial charge in [0.25, 0.3) is 0 Å². The third kappa shape index (κ3) is 5.85. The van der Waals surface area contributed by atoms with Crippen LogP contribution in [0.1, 0.15) is 25.3 Å². The number of piperidine rings is 1. The van der Waals surface area contributed by atoms with Crippen LogP contribution in [0.3, 0.4) is 0 Å². The number of likely N-dealkylation sites (tertiary alicyclic amines) is 1. The Hall–Kier alpha value is -2.08. The highest BCUT2D eigenvalue weighted by Gasteiger charge is 2.28. The maximum atomic E-state index is 12.1. The van der Waals surface area contributed by atoms with E-state index in [1.165, 1.54) is 0 Å². The van der Waals surface area contributed by atoms with Gasteiger partial charge in [0.1, 0.15) is 0 Å². The van der Waals surface area contributed by atoms with Gasteiger partial charge in [0.15, 0.2) is 0 Å². The normalized spacial score (nSPS) is 18.9. The van der Waals surface area contributed by atoms with Gasteiger partial charge in [0.2, 0.25) is 0 Å². The second kappa shape index (κ2) is 9.27. The molecule has 0 aromatic heterocycles. The predicted molar refractivity (Wildman–Crippen MR) is 90.6 cm³/mol. The van der Waals surface area contributed by atoms with Gasteiger partial charge in [-0.05, 0) is 24.3 Å². The molecule has 6 heteroatoms. The quantitative estimate of drug-likeness (QED) is 0.802. The van der Waals surface area contributed by atoms with Gasteiger partial charge in [-0.2, -0.15) is 0 Å². The van der Waals surface area contributed by atoms with E-state index >= 15 is 0 Å². The summed E-state index contributed by atoms with van der Waals surface area (Å²) in [5.74, 6) is -1.08. The third-order valence-corrected chi connectivity index (χ3v) is 4.17. The van der Waals surface area contributed by atoms with Crippen molar-refractivity contribution in [3.63, 3.8) is 0 Å². The van der Waals surface area contributed by atoms with E-state index in [0.717, 1.165) is 12.0 Å². The van der Waals surface area contributed by atoms with Crippen molar-refractivity contribution in [1.29, 1.82) is 0 Å². The minimum Gasteiger partial charge on any atom is -0.481 e. The number of carboxylic acid groups (broad SMARTS) is 1. The number of urea groups is 1. The molecule has 1 aromatic rings. The van der Waals surface area contributed by atoms with Crippen LogP contribution in [0.5, 0.6) is 0 Å². The number of carbonyl (C=O) groups is 2. The number of carboxylic acids is 1. The summed E-state index contributed by atoms with van der Waals surface area (Å²) in [5.41, 5.74) is 1.13. The van der Waals surface area contributed by atoms with Gasteiger partial charge in [-0.15, -0.1) is 0 Å². The fraction of sp³-hybridized carbons (Fsp3) is 0.556. The molecule has 2 rings (SSSR count). The van der Waals surface area contributed by atoms with Gasteiger partial charge in [-0.25, -0.2) is 4.79 Å². The number of carbonyl (C=O) groups excluding carboxylic acids is 1. The van der Waals surface area contributed by atoms with Crippen LogP contribution in [0.25, 0.3) is 0 Å². The van der Waals surface area contributed by atoms with Crippen molar-refractivity contribution in [3.8, 4) is 0 Å². The minimum absolute atomic E-state index is 0.184. The number of benzene rings is 1. The first kappa shape index (κ1) is 18.3. The molecular formula is C18H26N2O4. The number of aliphatic carboxylic acids is 1. The molecule has 1 fully saturated rings. The molecule has 1 aliphatic heterocycles. The van der Waals surface area contributed by atoms with Crippen molar-refractivity contribution >= 4 is 12.0 Å². The fourth-order valence-electron chi connectivity index (χ4n) is 2.75. The highest BCUT2D eigenvalue weighted by atomic mass is 16.5. The van der Waals surface area contributed by atoms with Crippen LogP contribution in [0.4, 0.5) is 4.79 Å². The van der Waals surface area contributed by atoms with E-state index in [0.29, 0.717) is 39.3 Å². The summed E-state index contributed by atoms with van der Waals surface area (Å²) < 4.78 is 5.67. The molecule has 1 aliphatic rings. The largest absolute Gasteiger partial charge is 0.481 e. The molecule has 132 valence electrons. The first-order valence-corrected chi connectivity index (χ1v) is 8.43. The first-order valence-electron chi connectivity index (χ1n) is 8.43. The van der Waals surface area contributed by atoms with Gasteiger partial charge in [-0.3, -0.25) is 4.79 Å². The van der Waals surface area contributed by atoms with E-state index in [1.54, 1.807) is 4.90 Å². The SMILES string of the molecule is CC(CNC(=O)N1CCCC(C(=O)O)C1)COCc1ccccc1. The molecule has 24 heavy (non-hydrogen) atoms. The first-order chi connectivity index (χ1) is 11.6. The van der Waals surface area contributed by atoms with E-state index in [4.69, 9.17) is 9.84 Å². The van der Waals surface area contributed by atoms with Gasteiger partial charge in [-0.1, -0.05) is 37.3 Å². The van der Waals surface area contributed by atoms with Crippen molar-refractivity contribution in [2.45, 2.75) is 26.4 Å². The van der Waals surface area contributed by atoms with Crippen molar-refractivity contribution < 1.29 is 19.4 Å². The Morgan fingerprint density at radius 2 is 2.12 bits per heavy atom. The lowest BCUT2D eigenvalue weighted by atomic mass is 9.99. The molecule has 2 atom stereocenters. The molecule has 2 unspecified atom stereocenters. The average Bonchev–Trinajstić information content (AvgIpc) is 2.60. The molecule has 0 bridgehead atoms. The van der Waals surface area contributed by atoms with Crippen molar-refractivity contribution in [2.24, 2.45) is 11.8 Å². The number of amides is 2. The summed E-state index contributed by atoms with van der Waals surface area (Å²) in [5, 5.41) is 11.9. The second-order valence-electron chi connectivity index (χ2n) is 6.42. The van der Waals surface area contributed by atoms with E-state index in [9.17, 15) is 9.59 Å². The van der Waals surface area contributed by atoms with E-state index in [2.05, 4.69) is 5.32 Å². The molecule has 0 saturated carbocycles. The standard InChI is InChI=1S/C18H26N2O4/c1-14(12-24-13-15-6-3-2-4-7-15)10-19-18(23)20-9-5-8-16(11-20)17(21)22/h2-4,6-7,14,16H,5,8-13H2,1H3,(H,19,23)(H,21,22). The summed E-state index contributed by atoms with van der Waals surface area (Å²) in [6.45, 7) is 4.57. The zero-order chi connectivity index (χ0) is 17.4. The Bertz CT molecular complexity index is 535. The number of nitrogens with zero attached hydrogens (tertiary/aromatic N) is 1. The van der Waals surface area contributed by atoms with E-state index in [1.807, 2.05) is 37.3 Å². The second-order valence-corrected chi connectivity index (χ2v) is 6.42. The molecule has 1 heterocycles. The van der Waals surface area contributed by atoms with Crippen LogP contribution in [-0.4, -0.2) is 48.2 Å². The van der Waals surface area contributed by atoms with Crippen LogP contribution >= 0.6 is 0 Å². The lowest BCUT2D eigenvalue weighted by Gasteiger charge is -2.31. The van der Waals surface area contributed by atoms with E-state index < -0.39 is 11.9 Å². The van der Waals surface area contributed by atoms with Crippen LogP contribution in [0, 0.1) is 11.8 Å². The summed E-state index contributed by atoms with van der Waals surface area (Å²) in [6, 6.07) is 9.77. The zero-order valence-electron chi connectivity index (χ0n) is 14.1. The fourth-order valence-corrected chi connectivity index (χ4v) is 2.75. The van der Waals surface area contributed by atoms with Crippen molar-refractivity contribution in [3.05, 3.63) is 35.9 Å². The van der Waals surface area contributed by atoms with Gasteiger partial charge in [0.05, 0.1) is 19.1 Å². The van der Waals surface area contributed by atoms with E-state index in [-0.39, 0.29) is 11.9 Å². The summed E-state index contributed by atoms with van der Waals surface area (Å²) in [4.78, 5) is 24.8. The lowest BCUT2D eigenvalue weighted by molar-refractivity contribution is -0.143. The smallest absolute Gasteiger partial charge is 0.317 e. The summed E-state index contributed by atoms with van der Waals surface area (Å²) >= 11 is 0. The predicted octanol–water partition coefficient (Wildman–Crippen LogP) is 2.35. The summed E-state index contributed by atoms with van der Waals surface area (Å²) in [7, 11) is 0. The molecule has 0 spiro atoms. The Morgan fingerprint density at radius 3 is 2.83 bits per heavy atom. The summed E-state index contributed by atoms with van der Waals surface area (Å²) in [6.07, 6.45) is 1.38. The Labute approximate surface area is 142 Å². The molecule has 1 aromatic carbocycles. The Balaban J connectivity index is 1.64. The maximum Gasteiger partial charge on any atom is 0.317 e. The molecular weight excluding hydrogens is 308 g/mol.